The fourth-order valence-corrected chi connectivity index (χ4v) is 6.54. The highest BCUT2D eigenvalue weighted by molar-refractivity contribution is 7.98. The number of halogens is 1. The maximum atomic E-state index is 13.9. The van der Waals surface area contributed by atoms with Gasteiger partial charge < -0.3 is 19.1 Å². The molecule has 2 fully saturated rings. The molecule has 0 bridgehead atoms. The van der Waals surface area contributed by atoms with Crippen molar-refractivity contribution in [2.24, 2.45) is 0 Å². The Balaban J connectivity index is 1.33. The summed E-state index contributed by atoms with van der Waals surface area (Å²) in [6.45, 7) is 2.58. The average Bonchev–Trinajstić information content (AvgIpc) is 3.45. The average molecular weight is 592 g/mol. The smallest absolute Gasteiger partial charge is 0.262 e. The van der Waals surface area contributed by atoms with E-state index < -0.39 is 5.79 Å². The zero-order chi connectivity index (χ0) is 28.4. The molecule has 41 heavy (non-hydrogen) atoms. The van der Waals surface area contributed by atoms with Crippen molar-refractivity contribution in [3.05, 3.63) is 98.8 Å². The summed E-state index contributed by atoms with van der Waals surface area (Å²) >= 11 is 7.66. The first-order valence-corrected chi connectivity index (χ1v) is 14.9. The van der Waals surface area contributed by atoms with E-state index in [2.05, 4.69) is 0 Å². The van der Waals surface area contributed by atoms with Crippen molar-refractivity contribution in [3.8, 4) is 5.75 Å². The molecule has 212 valence electrons. The van der Waals surface area contributed by atoms with E-state index in [-0.39, 0.29) is 11.5 Å². The highest BCUT2D eigenvalue weighted by atomic mass is 35.5. The van der Waals surface area contributed by atoms with Gasteiger partial charge >= 0.3 is 0 Å². The van der Waals surface area contributed by atoms with Gasteiger partial charge in [0.25, 0.3) is 11.5 Å². The second kappa shape index (κ2) is 11.9. The first-order chi connectivity index (χ1) is 19.9. The number of thioether (sulfide) groups is 1. The Hall–Kier alpha value is -3.37. The molecule has 4 aromatic rings. The molecular weight excluding hydrogens is 562 g/mol. The Morgan fingerprint density at radius 2 is 1.83 bits per heavy atom. The van der Waals surface area contributed by atoms with Crippen molar-refractivity contribution in [1.29, 1.82) is 0 Å². The van der Waals surface area contributed by atoms with Gasteiger partial charge in [-0.2, -0.15) is 0 Å². The number of hydrogen-bond donors (Lipinski definition) is 0. The number of ether oxygens (including phenoxy) is 3. The Morgan fingerprint density at radius 1 is 1.05 bits per heavy atom. The topological polar surface area (TPSA) is 82.9 Å². The summed E-state index contributed by atoms with van der Waals surface area (Å²) in [5.74, 6) is 0.627. The predicted molar refractivity (Wildman–Crippen MR) is 159 cm³/mol. The van der Waals surface area contributed by atoms with Gasteiger partial charge in [0.05, 0.1) is 37.8 Å². The van der Waals surface area contributed by atoms with Crippen molar-refractivity contribution in [1.82, 2.24) is 14.5 Å². The molecule has 0 N–H and O–H groups in total. The number of carbonyl (C=O) groups is 1. The number of fused-ring (bicyclic) bond motifs is 1. The van der Waals surface area contributed by atoms with Crippen LogP contribution in [0.4, 0.5) is 0 Å². The number of para-hydroxylation sites is 1. The van der Waals surface area contributed by atoms with Crippen LogP contribution >= 0.6 is 23.4 Å². The third kappa shape index (κ3) is 5.85. The minimum Gasteiger partial charge on any atom is -0.496 e. The van der Waals surface area contributed by atoms with Crippen molar-refractivity contribution >= 4 is 40.2 Å². The fraction of sp³-hybridized carbons (Fsp3) is 0.323. The van der Waals surface area contributed by atoms with Crippen molar-refractivity contribution in [2.45, 2.75) is 36.1 Å². The Labute approximate surface area is 247 Å². The van der Waals surface area contributed by atoms with Gasteiger partial charge in [-0.15, -0.1) is 0 Å². The monoisotopic (exact) mass is 591 g/mol. The number of amides is 1. The van der Waals surface area contributed by atoms with E-state index >= 15 is 0 Å². The van der Waals surface area contributed by atoms with E-state index in [1.165, 1.54) is 11.8 Å². The molecule has 0 saturated carbocycles. The molecular formula is C31H30ClN3O5S. The van der Waals surface area contributed by atoms with Crippen LogP contribution in [0.2, 0.25) is 5.02 Å². The summed E-state index contributed by atoms with van der Waals surface area (Å²) in [6, 6.07) is 20.4. The molecule has 8 nitrogen and oxygen atoms in total. The van der Waals surface area contributed by atoms with Crippen molar-refractivity contribution < 1.29 is 19.0 Å². The normalized spacial score (nSPS) is 16.4. The standard InChI is InChI=1S/C31H30ClN3O5S/c1-38-27-8-3-2-6-23(27)19-35-29(37)25-10-9-22(28(36)34-13-11-31(12-14-34)39-15-16-40-31)18-26(25)33-30(35)41-20-21-5-4-7-24(32)17-21/h2-10,17-18H,11-16,19-20H2,1H3. The minimum absolute atomic E-state index is 0.0899. The summed E-state index contributed by atoms with van der Waals surface area (Å²) in [7, 11) is 1.61. The second-order valence-electron chi connectivity index (χ2n) is 10.1. The van der Waals surface area contributed by atoms with Crippen LogP contribution in [0.5, 0.6) is 5.75 Å². The highest BCUT2D eigenvalue weighted by Gasteiger charge is 2.40. The van der Waals surface area contributed by atoms with Crippen molar-refractivity contribution in [3.63, 3.8) is 0 Å². The van der Waals surface area contributed by atoms with E-state index in [1.54, 1.807) is 29.9 Å². The lowest BCUT2D eigenvalue weighted by Gasteiger charge is -2.37. The maximum Gasteiger partial charge on any atom is 0.262 e. The van der Waals surface area contributed by atoms with E-state index in [0.29, 0.717) is 83.8 Å². The van der Waals surface area contributed by atoms with Crippen molar-refractivity contribution in [2.75, 3.05) is 33.4 Å². The number of carbonyl (C=O) groups excluding carboxylic acids is 1. The van der Waals surface area contributed by atoms with Gasteiger partial charge in [0, 0.05) is 47.8 Å². The molecule has 1 spiro atoms. The van der Waals surface area contributed by atoms with Crippen LogP contribution in [-0.2, 0) is 21.8 Å². The molecule has 10 heteroatoms. The third-order valence-corrected chi connectivity index (χ3v) is 8.85. The summed E-state index contributed by atoms with van der Waals surface area (Å²) in [4.78, 5) is 34.0. The van der Waals surface area contributed by atoms with E-state index in [1.807, 2.05) is 53.4 Å². The molecule has 3 heterocycles. The third-order valence-electron chi connectivity index (χ3n) is 7.57. The predicted octanol–water partition coefficient (Wildman–Crippen LogP) is 5.38. The zero-order valence-electron chi connectivity index (χ0n) is 22.7. The number of rotatable bonds is 7. The number of nitrogens with zero attached hydrogens (tertiary/aromatic N) is 3. The lowest BCUT2D eigenvalue weighted by Crippen LogP contribution is -2.47. The number of likely N-dealkylation sites (tertiary alicyclic amines) is 1. The Kier molecular flexibility index (Phi) is 8.03. The van der Waals surface area contributed by atoms with E-state index in [0.717, 1.165) is 11.1 Å². The molecule has 1 amide bonds. The van der Waals surface area contributed by atoms with Gasteiger partial charge in [-0.1, -0.05) is 53.7 Å². The van der Waals surface area contributed by atoms with Crippen LogP contribution < -0.4 is 10.3 Å². The lowest BCUT2D eigenvalue weighted by molar-refractivity contribution is -0.181. The zero-order valence-corrected chi connectivity index (χ0v) is 24.2. The molecule has 0 aliphatic carbocycles. The van der Waals surface area contributed by atoms with Gasteiger partial charge in [-0.25, -0.2) is 4.98 Å². The second-order valence-corrected chi connectivity index (χ2v) is 11.5. The molecule has 6 rings (SSSR count). The molecule has 1 aromatic heterocycles. The molecule has 0 radical (unpaired) electrons. The van der Waals surface area contributed by atoms with Gasteiger partial charge in [-0.05, 0) is 42.0 Å². The summed E-state index contributed by atoms with van der Waals surface area (Å²) in [5, 5.41) is 1.65. The van der Waals surface area contributed by atoms with Crippen LogP contribution in [-0.4, -0.2) is 59.6 Å². The molecule has 2 aliphatic rings. The van der Waals surface area contributed by atoms with Crippen LogP contribution in [0.15, 0.2) is 76.7 Å². The minimum atomic E-state index is -0.552. The Bertz CT molecular complexity index is 1640. The first-order valence-electron chi connectivity index (χ1n) is 13.6. The van der Waals surface area contributed by atoms with Gasteiger partial charge in [0.2, 0.25) is 0 Å². The Morgan fingerprint density at radius 3 is 2.59 bits per heavy atom. The first kappa shape index (κ1) is 27.8. The van der Waals surface area contributed by atoms with E-state index in [4.69, 9.17) is 30.8 Å². The number of benzene rings is 3. The maximum absolute atomic E-state index is 13.9. The molecule has 0 atom stereocenters. The fourth-order valence-electron chi connectivity index (χ4n) is 5.38. The van der Waals surface area contributed by atoms with Crippen LogP contribution in [0.3, 0.4) is 0 Å². The lowest BCUT2D eigenvalue weighted by atomic mass is 10.0. The largest absolute Gasteiger partial charge is 0.496 e. The molecule has 0 unspecified atom stereocenters. The van der Waals surface area contributed by atoms with Gasteiger partial charge in [0.15, 0.2) is 10.9 Å². The van der Waals surface area contributed by atoms with Gasteiger partial charge in [0.1, 0.15) is 5.75 Å². The highest BCUT2D eigenvalue weighted by Crippen LogP contribution is 2.32. The molecule has 2 aliphatic heterocycles. The number of hydrogen-bond acceptors (Lipinski definition) is 7. The van der Waals surface area contributed by atoms with Gasteiger partial charge in [-0.3, -0.25) is 14.2 Å². The summed E-state index contributed by atoms with van der Waals surface area (Å²) in [6.07, 6.45) is 1.28. The van der Waals surface area contributed by atoms with Crippen LogP contribution in [0.25, 0.3) is 10.9 Å². The SMILES string of the molecule is COc1ccccc1Cn1c(SCc2cccc(Cl)c2)nc2cc(C(=O)N3CCC4(CC3)OCCO4)ccc2c1=O. The quantitative estimate of drug-likeness (QED) is 0.211. The number of methoxy groups -OCH3 is 1. The summed E-state index contributed by atoms with van der Waals surface area (Å²) < 4.78 is 18.8. The van der Waals surface area contributed by atoms with Crippen LogP contribution in [0.1, 0.15) is 34.3 Å². The number of piperidine rings is 1. The molecule has 2 saturated heterocycles. The van der Waals surface area contributed by atoms with Crippen LogP contribution in [0, 0.1) is 0 Å². The van der Waals surface area contributed by atoms with E-state index in [9.17, 15) is 9.59 Å². The summed E-state index contributed by atoms with van der Waals surface area (Å²) in [5.41, 5.74) is 2.70. The number of aromatic nitrogens is 2. The molecule has 3 aromatic carbocycles.